The molecule has 39 heavy (non-hydrogen) atoms. The molecule has 0 aliphatic rings. The van der Waals surface area contributed by atoms with Crippen LogP contribution in [0.25, 0.3) is 33.4 Å². The second-order valence-electron chi connectivity index (χ2n) is 10.0. The number of hydrogen-bond acceptors (Lipinski definition) is 6. The topological polar surface area (TPSA) is 154 Å². The summed E-state index contributed by atoms with van der Waals surface area (Å²) in [5.74, 6) is -0.0940. The Kier molecular flexibility index (Phi) is 7.20. The number of hydrogen-bond donors (Lipinski definition) is 5. The molecule has 5 rings (SSSR count). The zero-order valence-electron chi connectivity index (χ0n) is 21.7. The minimum Gasteiger partial charge on any atom is -0.361 e. The van der Waals surface area contributed by atoms with Gasteiger partial charge in [0.15, 0.2) is 5.82 Å². The first-order chi connectivity index (χ1) is 18.8. The van der Waals surface area contributed by atoms with E-state index in [0.29, 0.717) is 18.8 Å². The molecule has 3 aromatic carbocycles. The summed E-state index contributed by atoms with van der Waals surface area (Å²) in [6.45, 7) is 3.53. The maximum absolute atomic E-state index is 13.3. The first kappa shape index (κ1) is 25.8. The standard InChI is InChI=1S/C29H30N8O2/c1-29(2,30)28(39)33-25(15-20-17-31-24-10-6-5-8-22(20)24)27(38)32-16-18-11-13-19(14-12-18)21-7-3-4-9-23(21)26-34-36-37-35-26/h3-14,17,25,31H,15-16,30H2,1-2H3,(H,32,38)(H,33,39)(H,34,35,36,37)/t25-/m1/s1. The summed E-state index contributed by atoms with van der Waals surface area (Å²) in [5.41, 5.74) is 10.6. The van der Waals surface area contributed by atoms with Crippen LogP contribution in [-0.4, -0.2) is 49.0 Å². The van der Waals surface area contributed by atoms with Crippen LogP contribution in [-0.2, 0) is 22.6 Å². The van der Waals surface area contributed by atoms with Gasteiger partial charge < -0.3 is 21.4 Å². The van der Waals surface area contributed by atoms with Gasteiger partial charge in [0.25, 0.3) is 0 Å². The highest BCUT2D eigenvalue weighted by atomic mass is 16.2. The summed E-state index contributed by atoms with van der Waals surface area (Å²) in [6, 6.07) is 22.8. The van der Waals surface area contributed by atoms with E-state index < -0.39 is 17.5 Å². The van der Waals surface area contributed by atoms with Crippen LogP contribution >= 0.6 is 0 Å². The van der Waals surface area contributed by atoms with Gasteiger partial charge >= 0.3 is 0 Å². The second-order valence-corrected chi connectivity index (χ2v) is 10.0. The molecule has 10 heteroatoms. The van der Waals surface area contributed by atoms with Crippen LogP contribution in [0.5, 0.6) is 0 Å². The van der Waals surface area contributed by atoms with Crippen LogP contribution in [0.3, 0.4) is 0 Å². The van der Waals surface area contributed by atoms with Gasteiger partial charge in [0.2, 0.25) is 11.8 Å². The molecule has 0 radical (unpaired) electrons. The lowest BCUT2D eigenvalue weighted by Crippen LogP contribution is -2.56. The number of carbonyl (C=O) groups excluding carboxylic acids is 2. The van der Waals surface area contributed by atoms with E-state index in [1.807, 2.05) is 79.0 Å². The van der Waals surface area contributed by atoms with Crippen LogP contribution in [0.1, 0.15) is 25.0 Å². The highest BCUT2D eigenvalue weighted by Gasteiger charge is 2.28. The number of rotatable bonds is 9. The highest BCUT2D eigenvalue weighted by molar-refractivity contribution is 5.92. The summed E-state index contributed by atoms with van der Waals surface area (Å²) in [5, 5.41) is 21.0. The molecule has 198 valence electrons. The number of benzene rings is 3. The van der Waals surface area contributed by atoms with Crippen molar-refractivity contribution in [1.29, 1.82) is 0 Å². The Morgan fingerprint density at radius 1 is 0.974 bits per heavy atom. The van der Waals surface area contributed by atoms with E-state index in [4.69, 9.17) is 5.73 Å². The molecular weight excluding hydrogens is 492 g/mol. The Labute approximate surface area is 225 Å². The molecule has 2 aromatic heterocycles. The van der Waals surface area contributed by atoms with Crippen molar-refractivity contribution in [3.63, 3.8) is 0 Å². The number of nitrogens with one attached hydrogen (secondary N) is 4. The van der Waals surface area contributed by atoms with Crippen molar-refractivity contribution in [1.82, 2.24) is 36.2 Å². The third-order valence-electron chi connectivity index (χ3n) is 6.57. The van der Waals surface area contributed by atoms with Crippen LogP contribution in [0, 0.1) is 0 Å². The first-order valence-corrected chi connectivity index (χ1v) is 12.6. The minimum absolute atomic E-state index is 0.287. The van der Waals surface area contributed by atoms with Gasteiger partial charge in [-0.15, -0.1) is 5.10 Å². The maximum Gasteiger partial charge on any atom is 0.243 e. The van der Waals surface area contributed by atoms with Crippen molar-refractivity contribution in [3.8, 4) is 22.5 Å². The van der Waals surface area contributed by atoms with Gasteiger partial charge in [-0.25, -0.2) is 5.10 Å². The maximum atomic E-state index is 13.3. The molecule has 2 heterocycles. The average Bonchev–Trinajstić information content (AvgIpc) is 3.62. The number of aromatic nitrogens is 5. The predicted octanol–water partition coefficient (Wildman–Crippen LogP) is 3.10. The fourth-order valence-electron chi connectivity index (χ4n) is 4.40. The minimum atomic E-state index is -1.12. The van der Waals surface area contributed by atoms with Gasteiger partial charge in [-0.1, -0.05) is 66.7 Å². The second kappa shape index (κ2) is 10.9. The molecule has 0 aliphatic heterocycles. The van der Waals surface area contributed by atoms with Crippen LogP contribution in [0.4, 0.5) is 0 Å². The van der Waals surface area contributed by atoms with Crippen molar-refractivity contribution in [2.24, 2.45) is 5.73 Å². The summed E-state index contributed by atoms with van der Waals surface area (Å²) < 4.78 is 0. The molecule has 6 N–H and O–H groups in total. The summed E-state index contributed by atoms with van der Waals surface area (Å²) in [7, 11) is 0. The van der Waals surface area contributed by atoms with E-state index >= 15 is 0 Å². The smallest absolute Gasteiger partial charge is 0.243 e. The number of para-hydroxylation sites is 1. The van der Waals surface area contributed by atoms with Crippen molar-refractivity contribution in [3.05, 3.63) is 90.1 Å². The van der Waals surface area contributed by atoms with Crippen molar-refractivity contribution >= 4 is 22.7 Å². The van der Waals surface area contributed by atoms with Gasteiger partial charge in [-0.05, 0) is 52.6 Å². The molecule has 1 atom stereocenters. The molecule has 10 nitrogen and oxygen atoms in total. The Bertz CT molecular complexity index is 1580. The molecule has 0 fully saturated rings. The fourth-order valence-corrected chi connectivity index (χ4v) is 4.40. The monoisotopic (exact) mass is 522 g/mol. The molecule has 0 bridgehead atoms. The lowest BCUT2D eigenvalue weighted by atomic mass is 9.98. The Morgan fingerprint density at radius 3 is 2.41 bits per heavy atom. The highest BCUT2D eigenvalue weighted by Crippen LogP contribution is 2.29. The number of nitrogens with zero attached hydrogens (tertiary/aromatic N) is 3. The number of tetrazole rings is 1. The lowest BCUT2D eigenvalue weighted by molar-refractivity contribution is -0.131. The average molecular weight is 523 g/mol. The van der Waals surface area contributed by atoms with Gasteiger partial charge in [-0.3, -0.25) is 9.59 Å². The number of amides is 2. The van der Waals surface area contributed by atoms with Crippen molar-refractivity contribution in [2.75, 3.05) is 0 Å². The number of nitrogens with two attached hydrogens (primary N) is 1. The van der Waals surface area contributed by atoms with Crippen molar-refractivity contribution in [2.45, 2.75) is 38.4 Å². The van der Waals surface area contributed by atoms with E-state index in [9.17, 15) is 9.59 Å². The predicted molar refractivity (Wildman–Crippen MR) is 149 cm³/mol. The Morgan fingerprint density at radius 2 is 1.69 bits per heavy atom. The quantitative estimate of drug-likeness (QED) is 0.200. The summed E-state index contributed by atoms with van der Waals surface area (Å²) in [4.78, 5) is 29.2. The first-order valence-electron chi connectivity index (χ1n) is 12.6. The molecule has 0 unspecified atom stereocenters. The van der Waals surface area contributed by atoms with E-state index in [1.165, 1.54) is 0 Å². The Balaban J connectivity index is 1.30. The van der Waals surface area contributed by atoms with E-state index in [2.05, 4.69) is 36.2 Å². The third-order valence-corrected chi connectivity index (χ3v) is 6.57. The largest absolute Gasteiger partial charge is 0.361 e. The molecule has 5 aromatic rings. The number of carbonyl (C=O) groups is 2. The van der Waals surface area contributed by atoms with Crippen LogP contribution < -0.4 is 16.4 Å². The molecule has 0 saturated carbocycles. The van der Waals surface area contributed by atoms with Gasteiger partial charge in [-0.2, -0.15) is 0 Å². The van der Waals surface area contributed by atoms with E-state index in [0.717, 1.165) is 38.7 Å². The summed E-state index contributed by atoms with van der Waals surface area (Å²) >= 11 is 0. The van der Waals surface area contributed by atoms with Crippen molar-refractivity contribution < 1.29 is 9.59 Å². The SMILES string of the molecule is CC(C)(N)C(=O)N[C@H](Cc1c[nH]c2ccccc12)C(=O)NCc1ccc(-c2ccccc2-c2nnn[nH]2)cc1. The van der Waals surface area contributed by atoms with E-state index in [-0.39, 0.29) is 5.91 Å². The molecule has 0 spiro atoms. The number of H-pyrrole nitrogens is 2. The number of fused-ring (bicyclic) bond motifs is 1. The fraction of sp³-hybridized carbons (Fsp3) is 0.207. The molecule has 0 saturated heterocycles. The van der Waals surface area contributed by atoms with E-state index in [1.54, 1.807) is 13.8 Å². The lowest BCUT2D eigenvalue weighted by Gasteiger charge is -2.24. The molecule has 2 amide bonds. The molecule has 0 aliphatic carbocycles. The van der Waals surface area contributed by atoms with Crippen LogP contribution in [0.2, 0.25) is 0 Å². The zero-order chi connectivity index (χ0) is 27.4. The molecular formula is C29H30N8O2. The van der Waals surface area contributed by atoms with Gasteiger partial charge in [0, 0.05) is 35.6 Å². The number of aromatic amines is 2. The van der Waals surface area contributed by atoms with Crippen LogP contribution in [0.15, 0.2) is 79.0 Å². The zero-order valence-corrected chi connectivity index (χ0v) is 21.7. The van der Waals surface area contributed by atoms with Gasteiger partial charge in [0.1, 0.15) is 6.04 Å². The summed E-state index contributed by atoms with van der Waals surface area (Å²) in [6.07, 6.45) is 2.19. The normalized spacial score (nSPS) is 12.3. The third kappa shape index (κ3) is 5.86. The van der Waals surface area contributed by atoms with Gasteiger partial charge in [0.05, 0.1) is 5.54 Å². The Hall–Kier alpha value is -4.83.